The quantitative estimate of drug-likeness (QED) is 0.381. The molecule has 0 radical (unpaired) electrons. The van der Waals surface area contributed by atoms with Gasteiger partial charge in [0.05, 0.1) is 11.4 Å². The molecule has 2 N–H and O–H groups in total. The van der Waals surface area contributed by atoms with E-state index in [-0.39, 0.29) is 5.82 Å². The lowest BCUT2D eigenvalue weighted by atomic mass is 9.97. The van der Waals surface area contributed by atoms with E-state index in [4.69, 9.17) is 15.0 Å². The Morgan fingerprint density at radius 1 is 1.00 bits per heavy atom. The predicted octanol–water partition coefficient (Wildman–Crippen LogP) is 4.96. The first-order valence-electron chi connectivity index (χ1n) is 13.0. The van der Waals surface area contributed by atoms with E-state index in [0.717, 1.165) is 72.9 Å². The highest BCUT2D eigenvalue weighted by atomic mass is 16.5. The summed E-state index contributed by atoms with van der Waals surface area (Å²) in [6, 6.07) is 25.5. The Bertz CT molecular complexity index is 1440. The number of fused-ring (bicyclic) bond motifs is 1. The topological polar surface area (TPSA) is 99.0 Å². The highest BCUT2D eigenvalue weighted by Gasteiger charge is 2.21. The van der Waals surface area contributed by atoms with Gasteiger partial charge in [0.25, 0.3) is 0 Å². The molecular formula is C30H29N7O. The maximum absolute atomic E-state index is 9.02. The van der Waals surface area contributed by atoms with Crippen molar-refractivity contribution < 1.29 is 4.74 Å². The van der Waals surface area contributed by atoms with Crippen LogP contribution < -0.4 is 15.4 Å². The van der Waals surface area contributed by atoms with E-state index in [2.05, 4.69) is 80.1 Å². The van der Waals surface area contributed by atoms with Gasteiger partial charge in [0, 0.05) is 49.5 Å². The third-order valence-electron chi connectivity index (χ3n) is 7.06. The maximum atomic E-state index is 9.02. The average molecular weight is 504 g/mol. The summed E-state index contributed by atoms with van der Waals surface area (Å²) in [6.45, 7) is 4.33. The molecule has 1 fully saturated rings. The first-order chi connectivity index (χ1) is 18.7. The molecule has 4 aromatic rings. The van der Waals surface area contributed by atoms with Crippen LogP contribution in [0, 0.1) is 11.3 Å². The zero-order valence-electron chi connectivity index (χ0n) is 21.1. The number of hydrogen-bond acceptors (Lipinski definition) is 8. The third kappa shape index (κ3) is 5.29. The van der Waals surface area contributed by atoms with Crippen molar-refractivity contribution >= 4 is 11.5 Å². The summed E-state index contributed by atoms with van der Waals surface area (Å²) in [5, 5.41) is 15.9. The average Bonchev–Trinajstić information content (AvgIpc) is 2.98. The Labute approximate surface area is 222 Å². The summed E-state index contributed by atoms with van der Waals surface area (Å²) < 4.78 is 5.85. The SMILES string of the molecule is N#Cc1nccc(NC2CCN(Cc3ccc(-c4nc5c(cc4-c4ccccc4)NCCO5)cc3)CC2)n1. The van der Waals surface area contributed by atoms with Crippen molar-refractivity contribution in [1.29, 1.82) is 5.26 Å². The van der Waals surface area contributed by atoms with Gasteiger partial charge in [-0.2, -0.15) is 5.26 Å². The van der Waals surface area contributed by atoms with Crippen LogP contribution >= 0.6 is 0 Å². The molecule has 0 unspecified atom stereocenters. The molecule has 0 amide bonds. The van der Waals surface area contributed by atoms with Crippen LogP contribution in [0.1, 0.15) is 24.2 Å². The minimum absolute atomic E-state index is 0.196. The molecule has 1 saturated heterocycles. The van der Waals surface area contributed by atoms with E-state index in [1.54, 1.807) is 6.20 Å². The number of piperidine rings is 1. The molecule has 4 heterocycles. The Morgan fingerprint density at radius 2 is 1.82 bits per heavy atom. The minimum atomic E-state index is 0.196. The first-order valence-corrected chi connectivity index (χ1v) is 13.0. The van der Waals surface area contributed by atoms with Crippen LogP contribution in [0.5, 0.6) is 5.88 Å². The number of hydrogen-bond donors (Lipinski definition) is 2. The number of anilines is 2. The predicted molar refractivity (Wildman–Crippen MR) is 148 cm³/mol. The van der Waals surface area contributed by atoms with Gasteiger partial charge in [0.15, 0.2) is 0 Å². The van der Waals surface area contributed by atoms with Crippen molar-refractivity contribution in [2.75, 3.05) is 36.9 Å². The molecule has 8 nitrogen and oxygen atoms in total. The van der Waals surface area contributed by atoms with Crippen LogP contribution in [0.4, 0.5) is 11.5 Å². The minimum Gasteiger partial charge on any atom is -0.474 e. The first kappa shape index (κ1) is 23.9. The van der Waals surface area contributed by atoms with Crippen molar-refractivity contribution in [2.45, 2.75) is 25.4 Å². The van der Waals surface area contributed by atoms with Crippen molar-refractivity contribution in [3.05, 3.63) is 84.3 Å². The van der Waals surface area contributed by atoms with Gasteiger partial charge in [-0.25, -0.2) is 15.0 Å². The van der Waals surface area contributed by atoms with Gasteiger partial charge in [-0.1, -0.05) is 54.6 Å². The molecule has 0 atom stereocenters. The number of nitriles is 1. The van der Waals surface area contributed by atoms with Crippen LogP contribution in [-0.2, 0) is 6.54 Å². The van der Waals surface area contributed by atoms with Gasteiger partial charge in [0.2, 0.25) is 11.7 Å². The van der Waals surface area contributed by atoms with Crippen molar-refractivity contribution in [1.82, 2.24) is 19.9 Å². The van der Waals surface area contributed by atoms with Gasteiger partial charge >= 0.3 is 0 Å². The number of nitrogens with zero attached hydrogens (tertiary/aromatic N) is 5. The fourth-order valence-corrected chi connectivity index (χ4v) is 5.09. The lowest BCUT2D eigenvalue weighted by Gasteiger charge is -2.32. The monoisotopic (exact) mass is 503 g/mol. The second kappa shape index (κ2) is 10.9. The highest BCUT2D eigenvalue weighted by Crippen LogP contribution is 2.38. The summed E-state index contributed by atoms with van der Waals surface area (Å²) in [5.41, 5.74) is 6.47. The number of ether oxygens (including phenoxy) is 1. The molecule has 190 valence electrons. The summed E-state index contributed by atoms with van der Waals surface area (Å²) in [4.78, 5) is 15.6. The Balaban J connectivity index is 1.13. The van der Waals surface area contributed by atoms with Crippen LogP contribution in [0.3, 0.4) is 0 Å². The molecule has 0 bridgehead atoms. The van der Waals surface area contributed by atoms with Crippen LogP contribution in [0.2, 0.25) is 0 Å². The largest absolute Gasteiger partial charge is 0.474 e. The van der Waals surface area contributed by atoms with Crippen LogP contribution in [0.15, 0.2) is 72.9 Å². The standard InChI is InChI=1S/C30H29N7O/c31-19-28-33-13-10-27(35-28)34-24-11-15-37(16-12-24)20-21-6-8-23(9-7-21)29-25(22-4-2-1-3-5-22)18-26-30(36-29)38-17-14-32-26/h1-10,13,18,24,32H,11-12,14-17,20H2,(H,33,34,35). The van der Waals surface area contributed by atoms with E-state index in [0.29, 0.717) is 18.5 Å². The summed E-state index contributed by atoms with van der Waals surface area (Å²) in [7, 11) is 0. The highest BCUT2D eigenvalue weighted by molar-refractivity contribution is 5.84. The van der Waals surface area contributed by atoms with E-state index in [1.165, 1.54) is 5.56 Å². The number of benzene rings is 2. The van der Waals surface area contributed by atoms with Crippen molar-refractivity contribution in [3.8, 4) is 34.3 Å². The normalized spacial score (nSPS) is 15.6. The zero-order chi connectivity index (χ0) is 25.7. The number of aromatic nitrogens is 3. The van der Waals surface area contributed by atoms with Crippen molar-refractivity contribution in [3.63, 3.8) is 0 Å². The van der Waals surface area contributed by atoms with Crippen LogP contribution in [0.25, 0.3) is 22.4 Å². The lowest BCUT2D eigenvalue weighted by molar-refractivity contribution is 0.211. The van der Waals surface area contributed by atoms with E-state index < -0.39 is 0 Å². The molecule has 8 heteroatoms. The molecule has 0 aliphatic carbocycles. The summed E-state index contributed by atoms with van der Waals surface area (Å²) >= 11 is 0. The summed E-state index contributed by atoms with van der Waals surface area (Å²) in [6.07, 6.45) is 3.67. The Kier molecular flexibility index (Phi) is 6.83. The molecule has 0 spiro atoms. The second-order valence-electron chi connectivity index (χ2n) is 9.65. The van der Waals surface area contributed by atoms with Crippen LogP contribution in [-0.4, -0.2) is 52.1 Å². The summed E-state index contributed by atoms with van der Waals surface area (Å²) in [5.74, 6) is 1.58. The van der Waals surface area contributed by atoms with Gasteiger partial charge in [0.1, 0.15) is 18.5 Å². The third-order valence-corrected chi connectivity index (χ3v) is 7.06. The number of nitrogens with one attached hydrogen (secondary N) is 2. The molecule has 2 aliphatic rings. The number of pyridine rings is 1. The lowest BCUT2D eigenvalue weighted by Crippen LogP contribution is -2.38. The fraction of sp³-hybridized carbons (Fsp3) is 0.267. The Morgan fingerprint density at radius 3 is 2.61 bits per heavy atom. The molecule has 6 rings (SSSR count). The molecule has 0 saturated carbocycles. The zero-order valence-corrected chi connectivity index (χ0v) is 21.1. The molecular weight excluding hydrogens is 474 g/mol. The maximum Gasteiger partial charge on any atom is 0.238 e. The van der Waals surface area contributed by atoms with E-state index in [9.17, 15) is 0 Å². The van der Waals surface area contributed by atoms with Gasteiger partial charge in [-0.15, -0.1) is 0 Å². The van der Waals surface area contributed by atoms with Gasteiger partial charge in [-0.05, 0) is 36.1 Å². The fourth-order valence-electron chi connectivity index (χ4n) is 5.09. The number of likely N-dealkylation sites (tertiary alicyclic amines) is 1. The molecule has 2 aromatic heterocycles. The molecule has 2 aromatic carbocycles. The van der Waals surface area contributed by atoms with Gasteiger partial charge < -0.3 is 15.4 Å². The van der Waals surface area contributed by atoms with E-state index >= 15 is 0 Å². The molecule has 2 aliphatic heterocycles. The van der Waals surface area contributed by atoms with E-state index in [1.807, 2.05) is 18.2 Å². The van der Waals surface area contributed by atoms with Gasteiger partial charge in [-0.3, -0.25) is 4.90 Å². The second-order valence-corrected chi connectivity index (χ2v) is 9.65. The smallest absolute Gasteiger partial charge is 0.238 e. The molecule has 38 heavy (non-hydrogen) atoms. The van der Waals surface area contributed by atoms with Crippen molar-refractivity contribution in [2.24, 2.45) is 0 Å². The number of rotatable bonds is 6. The Hall–Kier alpha value is -4.48.